The van der Waals surface area contributed by atoms with Crippen molar-refractivity contribution in [3.8, 4) is 11.4 Å². The molecule has 0 radical (unpaired) electrons. The van der Waals surface area contributed by atoms with Crippen molar-refractivity contribution in [1.29, 1.82) is 0 Å². The third-order valence-electron chi connectivity index (χ3n) is 7.10. The Labute approximate surface area is 216 Å². The van der Waals surface area contributed by atoms with Gasteiger partial charge in [0.05, 0.1) is 22.7 Å². The minimum atomic E-state index is -3.10. The Bertz CT molecular complexity index is 1370. The number of rotatable bonds is 5. The predicted molar refractivity (Wildman–Crippen MR) is 141 cm³/mol. The normalized spacial score (nSPS) is 19.2. The molecule has 10 heteroatoms. The molecule has 36 heavy (non-hydrogen) atoms. The Kier molecular flexibility index (Phi) is 6.98. The number of fused-ring (bicyclic) bond motifs is 1. The van der Waals surface area contributed by atoms with Gasteiger partial charge < -0.3 is 19.1 Å². The van der Waals surface area contributed by atoms with Gasteiger partial charge in [0.2, 0.25) is 0 Å². The second-order valence-electron chi connectivity index (χ2n) is 9.81. The molecule has 2 aliphatic rings. The molecule has 2 aromatic heterocycles. The molecular weight excluding hydrogens is 500 g/mol. The Morgan fingerprint density at radius 2 is 1.78 bits per heavy atom. The van der Waals surface area contributed by atoms with Crippen LogP contribution in [-0.4, -0.2) is 83.5 Å². The number of aromatic nitrogens is 2. The van der Waals surface area contributed by atoms with Crippen molar-refractivity contribution < 1.29 is 17.9 Å². The van der Waals surface area contributed by atoms with E-state index in [1.54, 1.807) is 23.2 Å². The number of hydrogen-bond acceptors (Lipinski definition) is 6. The summed E-state index contributed by atoms with van der Waals surface area (Å²) in [6.07, 6.45) is 3.73. The van der Waals surface area contributed by atoms with Crippen molar-refractivity contribution in [3.63, 3.8) is 0 Å². The Hall–Kier alpha value is -2.62. The van der Waals surface area contributed by atoms with Crippen LogP contribution in [0, 0.1) is 0 Å². The predicted octanol–water partition coefficient (Wildman–Crippen LogP) is 3.80. The standard InChI is InChI=1S/C26H31ClN4O4S/c1-18(2)29-9-6-21(7-10-29)35-22-3-4-23-19(15-22)16-24(31(23)20-5-8-28-25(27)17-20)26(32)30-11-13-36(33,34)14-12-30/h3-5,8,15-18,21H,6-7,9-14H2,1-2H3. The summed E-state index contributed by atoms with van der Waals surface area (Å²) < 4.78 is 32.0. The van der Waals surface area contributed by atoms with Gasteiger partial charge in [-0.2, -0.15) is 0 Å². The number of amides is 1. The first-order valence-electron chi connectivity index (χ1n) is 12.4. The molecule has 1 amide bonds. The largest absolute Gasteiger partial charge is 0.490 e. The molecule has 0 unspecified atom stereocenters. The lowest BCUT2D eigenvalue weighted by atomic mass is 10.1. The van der Waals surface area contributed by atoms with E-state index in [4.69, 9.17) is 16.3 Å². The monoisotopic (exact) mass is 530 g/mol. The second kappa shape index (κ2) is 10.0. The zero-order valence-electron chi connectivity index (χ0n) is 20.6. The molecule has 0 bridgehead atoms. The van der Waals surface area contributed by atoms with Gasteiger partial charge in [0, 0.05) is 43.8 Å². The zero-order chi connectivity index (χ0) is 25.4. The molecule has 192 valence electrons. The molecule has 1 aromatic carbocycles. The van der Waals surface area contributed by atoms with Gasteiger partial charge in [-0.1, -0.05) is 11.6 Å². The lowest BCUT2D eigenvalue weighted by Gasteiger charge is -2.34. The fourth-order valence-corrected chi connectivity index (χ4v) is 6.38. The van der Waals surface area contributed by atoms with Crippen LogP contribution in [0.2, 0.25) is 5.15 Å². The van der Waals surface area contributed by atoms with E-state index in [0.717, 1.165) is 42.6 Å². The lowest BCUT2D eigenvalue weighted by molar-refractivity contribution is 0.0762. The van der Waals surface area contributed by atoms with Crippen LogP contribution in [0.15, 0.2) is 42.6 Å². The fourth-order valence-electron chi connectivity index (χ4n) is 5.01. The maximum absolute atomic E-state index is 13.6. The van der Waals surface area contributed by atoms with Gasteiger partial charge in [0.15, 0.2) is 9.84 Å². The van der Waals surface area contributed by atoms with Crippen molar-refractivity contribution in [3.05, 3.63) is 53.4 Å². The van der Waals surface area contributed by atoms with Gasteiger partial charge in [-0.15, -0.1) is 0 Å². The lowest BCUT2D eigenvalue weighted by Crippen LogP contribution is -2.44. The number of carbonyl (C=O) groups is 1. The second-order valence-corrected chi connectivity index (χ2v) is 12.5. The summed E-state index contributed by atoms with van der Waals surface area (Å²) in [6, 6.07) is 11.8. The van der Waals surface area contributed by atoms with Crippen molar-refractivity contribution >= 4 is 38.2 Å². The average molecular weight is 531 g/mol. The van der Waals surface area contributed by atoms with Gasteiger partial charge in [-0.25, -0.2) is 13.4 Å². The van der Waals surface area contributed by atoms with Gasteiger partial charge in [-0.05, 0) is 63.1 Å². The SMILES string of the molecule is CC(C)N1CCC(Oc2ccc3c(c2)cc(C(=O)N2CCS(=O)(=O)CC2)n3-c2ccnc(Cl)c2)CC1. The summed E-state index contributed by atoms with van der Waals surface area (Å²) in [5.41, 5.74) is 2.01. The van der Waals surface area contributed by atoms with E-state index in [9.17, 15) is 13.2 Å². The molecule has 2 aliphatic heterocycles. The molecule has 2 saturated heterocycles. The van der Waals surface area contributed by atoms with E-state index < -0.39 is 9.84 Å². The first-order chi connectivity index (χ1) is 17.2. The summed E-state index contributed by atoms with van der Waals surface area (Å²) in [6.45, 7) is 6.85. The number of hydrogen-bond donors (Lipinski definition) is 0. The number of piperidine rings is 1. The van der Waals surface area contributed by atoms with Crippen molar-refractivity contribution in [2.75, 3.05) is 37.7 Å². The van der Waals surface area contributed by atoms with Crippen molar-refractivity contribution in [2.45, 2.75) is 38.8 Å². The molecular formula is C26H31ClN4O4S. The average Bonchev–Trinajstić information content (AvgIpc) is 3.23. The fraction of sp³-hybridized carbons (Fsp3) is 0.462. The highest BCUT2D eigenvalue weighted by molar-refractivity contribution is 7.91. The topological polar surface area (TPSA) is 84.7 Å². The number of pyridine rings is 1. The molecule has 5 rings (SSSR count). The molecule has 0 spiro atoms. The summed E-state index contributed by atoms with van der Waals surface area (Å²) in [7, 11) is -3.10. The Morgan fingerprint density at radius 3 is 2.44 bits per heavy atom. The summed E-state index contributed by atoms with van der Waals surface area (Å²) in [4.78, 5) is 21.7. The number of likely N-dealkylation sites (tertiary alicyclic amines) is 1. The summed E-state index contributed by atoms with van der Waals surface area (Å²) >= 11 is 6.18. The van der Waals surface area contributed by atoms with Crippen molar-refractivity contribution in [1.82, 2.24) is 19.4 Å². The van der Waals surface area contributed by atoms with Gasteiger partial charge >= 0.3 is 0 Å². The van der Waals surface area contributed by atoms with Crippen LogP contribution in [0.4, 0.5) is 0 Å². The van der Waals surface area contributed by atoms with Crippen molar-refractivity contribution in [2.24, 2.45) is 0 Å². The summed E-state index contributed by atoms with van der Waals surface area (Å²) in [5, 5.41) is 1.19. The molecule has 0 aliphatic carbocycles. The molecule has 0 atom stereocenters. The zero-order valence-corrected chi connectivity index (χ0v) is 22.1. The number of ether oxygens (including phenoxy) is 1. The molecule has 0 N–H and O–H groups in total. The van der Waals surface area contributed by atoms with E-state index in [1.165, 1.54) is 0 Å². The van der Waals surface area contributed by atoms with Crippen LogP contribution < -0.4 is 4.74 Å². The maximum atomic E-state index is 13.6. The first kappa shape index (κ1) is 25.0. The van der Waals surface area contributed by atoms with E-state index in [0.29, 0.717) is 22.6 Å². The van der Waals surface area contributed by atoms with Crippen LogP contribution in [0.5, 0.6) is 5.75 Å². The van der Waals surface area contributed by atoms with E-state index in [-0.39, 0.29) is 36.6 Å². The molecule has 2 fully saturated rings. The van der Waals surface area contributed by atoms with E-state index in [2.05, 4.69) is 23.7 Å². The van der Waals surface area contributed by atoms with E-state index >= 15 is 0 Å². The van der Waals surface area contributed by atoms with Crippen LogP contribution in [0.25, 0.3) is 16.6 Å². The molecule has 4 heterocycles. The quantitative estimate of drug-likeness (QED) is 0.466. The van der Waals surface area contributed by atoms with E-state index in [1.807, 2.05) is 28.8 Å². The molecule has 0 saturated carbocycles. The third kappa shape index (κ3) is 5.23. The number of benzene rings is 1. The van der Waals surface area contributed by atoms with Crippen LogP contribution in [0.3, 0.4) is 0 Å². The highest BCUT2D eigenvalue weighted by atomic mass is 35.5. The minimum Gasteiger partial charge on any atom is -0.490 e. The number of sulfone groups is 1. The first-order valence-corrected chi connectivity index (χ1v) is 14.6. The summed E-state index contributed by atoms with van der Waals surface area (Å²) in [5.74, 6) is 0.525. The van der Waals surface area contributed by atoms with Gasteiger partial charge in [0.1, 0.15) is 22.7 Å². The smallest absolute Gasteiger partial charge is 0.270 e. The van der Waals surface area contributed by atoms with Gasteiger partial charge in [0.25, 0.3) is 5.91 Å². The Morgan fingerprint density at radius 1 is 1.06 bits per heavy atom. The van der Waals surface area contributed by atoms with Gasteiger partial charge in [-0.3, -0.25) is 4.79 Å². The third-order valence-corrected chi connectivity index (χ3v) is 8.92. The van der Waals surface area contributed by atoms with Crippen LogP contribution >= 0.6 is 11.6 Å². The highest BCUT2D eigenvalue weighted by Crippen LogP contribution is 2.31. The number of halogens is 1. The van der Waals surface area contributed by atoms with Crippen LogP contribution in [-0.2, 0) is 9.84 Å². The van der Waals surface area contributed by atoms with Crippen LogP contribution in [0.1, 0.15) is 37.2 Å². The number of nitrogens with zero attached hydrogens (tertiary/aromatic N) is 4. The maximum Gasteiger partial charge on any atom is 0.270 e. The molecule has 8 nitrogen and oxygen atoms in total. The minimum absolute atomic E-state index is 0.0202. The number of carbonyl (C=O) groups excluding carboxylic acids is 1. The highest BCUT2D eigenvalue weighted by Gasteiger charge is 2.29. The Balaban J connectivity index is 1.46. The molecule has 3 aromatic rings.